The van der Waals surface area contributed by atoms with Crippen molar-refractivity contribution in [2.45, 2.75) is 38.7 Å². The van der Waals surface area contributed by atoms with E-state index in [1.807, 2.05) is 20.8 Å². The standard InChI is InChI=1S/C23H24O5/c1-16(24)28-23(21(26)27,15-14-20(25)17-8-6-5-7-9-17)19-12-10-18(11-13-19)22(2,3)4/h5-15H,1-4H3,(H,26,27)/b15-14+. The van der Waals surface area contributed by atoms with Crippen LogP contribution >= 0.6 is 0 Å². The van der Waals surface area contributed by atoms with Crippen LogP contribution in [0.1, 0.15) is 49.2 Å². The summed E-state index contributed by atoms with van der Waals surface area (Å²) in [6, 6.07) is 15.2. The quantitative estimate of drug-likeness (QED) is 0.460. The maximum atomic E-state index is 12.4. The molecular weight excluding hydrogens is 356 g/mol. The van der Waals surface area contributed by atoms with E-state index >= 15 is 0 Å². The van der Waals surface area contributed by atoms with E-state index in [1.54, 1.807) is 54.6 Å². The van der Waals surface area contributed by atoms with Crippen molar-refractivity contribution in [2.75, 3.05) is 0 Å². The Balaban J connectivity index is 2.51. The summed E-state index contributed by atoms with van der Waals surface area (Å²) in [4.78, 5) is 36.2. The SMILES string of the molecule is CC(=O)OC(/C=C/C(=O)c1ccccc1)(C(=O)O)c1ccc(C(C)(C)C)cc1. The van der Waals surface area contributed by atoms with Crippen LogP contribution in [0.2, 0.25) is 0 Å². The van der Waals surface area contributed by atoms with Gasteiger partial charge >= 0.3 is 11.9 Å². The lowest BCUT2D eigenvalue weighted by Crippen LogP contribution is -2.38. The zero-order valence-electron chi connectivity index (χ0n) is 16.4. The van der Waals surface area contributed by atoms with Crippen molar-refractivity contribution in [1.82, 2.24) is 0 Å². The van der Waals surface area contributed by atoms with Gasteiger partial charge in [-0.25, -0.2) is 4.79 Å². The zero-order chi connectivity index (χ0) is 20.9. The number of aliphatic carboxylic acids is 1. The van der Waals surface area contributed by atoms with Crippen molar-refractivity contribution >= 4 is 17.7 Å². The number of ketones is 1. The summed E-state index contributed by atoms with van der Waals surface area (Å²) in [5, 5.41) is 9.90. The van der Waals surface area contributed by atoms with Crippen molar-refractivity contribution in [2.24, 2.45) is 0 Å². The van der Waals surface area contributed by atoms with Crippen molar-refractivity contribution < 1.29 is 24.2 Å². The number of benzene rings is 2. The predicted octanol–water partition coefficient (Wildman–Crippen LogP) is 4.27. The summed E-state index contributed by atoms with van der Waals surface area (Å²) in [6.45, 7) is 7.25. The normalized spacial score (nSPS) is 13.7. The molecule has 2 rings (SSSR count). The number of hydrogen-bond donors (Lipinski definition) is 1. The molecule has 0 amide bonds. The first-order chi connectivity index (χ1) is 13.1. The third kappa shape index (κ3) is 4.74. The van der Waals surface area contributed by atoms with Gasteiger partial charge in [-0.1, -0.05) is 75.4 Å². The number of ether oxygens (including phenoxy) is 1. The van der Waals surface area contributed by atoms with Gasteiger partial charge in [0.05, 0.1) is 0 Å². The van der Waals surface area contributed by atoms with Gasteiger partial charge in [-0.15, -0.1) is 0 Å². The van der Waals surface area contributed by atoms with Crippen LogP contribution in [-0.4, -0.2) is 22.8 Å². The van der Waals surface area contributed by atoms with Gasteiger partial charge < -0.3 is 9.84 Å². The van der Waals surface area contributed by atoms with E-state index < -0.39 is 17.5 Å². The van der Waals surface area contributed by atoms with E-state index in [2.05, 4.69) is 0 Å². The van der Waals surface area contributed by atoms with Crippen LogP contribution in [0.4, 0.5) is 0 Å². The maximum Gasteiger partial charge on any atom is 0.357 e. The van der Waals surface area contributed by atoms with Crippen LogP contribution in [0, 0.1) is 0 Å². The number of hydrogen-bond acceptors (Lipinski definition) is 4. The zero-order valence-corrected chi connectivity index (χ0v) is 16.4. The summed E-state index contributed by atoms with van der Waals surface area (Å²) in [6.07, 6.45) is 2.25. The molecule has 0 aliphatic carbocycles. The Bertz CT molecular complexity index is 889. The monoisotopic (exact) mass is 380 g/mol. The molecule has 0 fully saturated rings. The number of allylic oxidation sites excluding steroid dienone is 1. The van der Waals surface area contributed by atoms with Gasteiger partial charge in [-0.05, 0) is 23.1 Å². The van der Waals surface area contributed by atoms with Crippen LogP contribution in [0.3, 0.4) is 0 Å². The number of esters is 1. The highest BCUT2D eigenvalue weighted by Gasteiger charge is 2.42. The minimum Gasteiger partial charge on any atom is -0.478 e. The molecule has 0 saturated heterocycles. The fraction of sp³-hybridized carbons (Fsp3) is 0.261. The number of carboxylic acid groups (broad SMARTS) is 1. The van der Waals surface area contributed by atoms with Gasteiger partial charge in [0.1, 0.15) is 0 Å². The van der Waals surface area contributed by atoms with Crippen molar-refractivity contribution in [3.63, 3.8) is 0 Å². The molecule has 5 heteroatoms. The maximum absolute atomic E-state index is 12.4. The Hall–Kier alpha value is -3.21. The number of carbonyl (C=O) groups is 3. The van der Waals surface area contributed by atoms with Gasteiger partial charge in [0.2, 0.25) is 0 Å². The highest BCUT2D eigenvalue weighted by Crippen LogP contribution is 2.31. The van der Waals surface area contributed by atoms with E-state index in [0.717, 1.165) is 24.6 Å². The molecule has 0 heterocycles. The van der Waals surface area contributed by atoms with Crippen molar-refractivity contribution in [3.05, 3.63) is 83.4 Å². The second-order valence-corrected chi connectivity index (χ2v) is 7.53. The Morgan fingerprint density at radius 1 is 0.893 bits per heavy atom. The Morgan fingerprint density at radius 2 is 1.43 bits per heavy atom. The summed E-state index contributed by atoms with van der Waals surface area (Å²) in [5.41, 5.74) is -0.551. The summed E-state index contributed by atoms with van der Waals surface area (Å²) in [5.74, 6) is -2.54. The Kier molecular flexibility index (Phi) is 6.19. The molecule has 28 heavy (non-hydrogen) atoms. The van der Waals surface area contributed by atoms with Crippen molar-refractivity contribution in [3.8, 4) is 0 Å². The first kappa shape index (κ1) is 21.1. The molecule has 5 nitrogen and oxygen atoms in total. The van der Waals surface area contributed by atoms with Crippen LogP contribution in [0.5, 0.6) is 0 Å². The highest BCUT2D eigenvalue weighted by atomic mass is 16.6. The van der Waals surface area contributed by atoms with Gasteiger partial charge in [-0.3, -0.25) is 9.59 Å². The molecule has 0 saturated carbocycles. The molecule has 2 aromatic carbocycles. The lowest BCUT2D eigenvalue weighted by atomic mass is 9.84. The Labute approximate surface area is 164 Å². The molecule has 146 valence electrons. The first-order valence-corrected chi connectivity index (χ1v) is 8.89. The highest BCUT2D eigenvalue weighted by molar-refractivity contribution is 6.05. The minimum absolute atomic E-state index is 0.120. The third-order valence-electron chi connectivity index (χ3n) is 4.33. The van der Waals surface area contributed by atoms with Crippen LogP contribution in [0.15, 0.2) is 66.7 Å². The fourth-order valence-electron chi connectivity index (χ4n) is 2.76. The fourth-order valence-corrected chi connectivity index (χ4v) is 2.76. The number of carbonyl (C=O) groups excluding carboxylic acids is 2. The van der Waals surface area contributed by atoms with E-state index in [1.165, 1.54) is 0 Å². The van der Waals surface area contributed by atoms with Gasteiger partial charge in [0.25, 0.3) is 5.60 Å². The molecular formula is C23H24O5. The van der Waals surface area contributed by atoms with E-state index in [-0.39, 0.29) is 16.8 Å². The van der Waals surface area contributed by atoms with Gasteiger partial charge in [0, 0.05) is 18.1 Å². The molecule has 1 N–H and O–H groups in total. The molecule has 0 spiro atoms. The first-order valence-electron chi connectivity index (χ1n) is 8.89. The average Bonchev–Trinajstić information content (AvgIpc) is 2.64. The summed E-state index contributed by atoms with van der Waals surface area (Å²) < 4.78 is 5.22. The molecule has 1 unspecified atom stereocenters. The molecule has 0 aliphatic rings. The average molecular weight is 380 g/mol. The predicted molar refractivity (Wildman–Crippen MR) is 106 cm³/mol. The summed E-state index contributed by atoms with van der Waals surface area (Å²) >= 11 is 0. The summed E-state index contributed by atoms with van der Waals surface area (Å²) in [7, 11) is 0. The van der Waals surface area contributed by atoms with Crippen LogP contribution < -0.4 is 0 Å². The topological polar surface area (TPSA) is 80.7 Å². The largest absolute Gasteiger partial charge is 0.478 e. The lowest BCUT2D eigenvalue weighted by Gasteiger charge is -2.27. The smallest absolute Gasteiger partial charge is 0.357 e. The van der Waals surface area contributed by atoms with Crippen LogP contribution in [0.25, 0.3) is 0 Å². The molecule has 0 radical (unpaired) electrons. The molecule has 0 aromatic heterocycles. The minimum atomic E-state index is -2.09. The van der Waals surface area contributed by atoms with Gasteiger partial charge in [-0.2, -0.15) is 0 Å². The van der Waals surface area contributed by atoms with Crippen LogP contribution in [-0.2, 0) is 25.3 Å². The van der Waals surface area contributed by atoms with E-state index in [9.17, 15) is 19.5 Å². The number of carboxylic acids is 1. The van der Waals surface area contributed by atoms with E-state index in [0.29, 0.717) is 5.56 Å². The second-order valence-electron chi connectivity index (χ2n) is 7.53. The molecule has 1 atom stereocenters. The third-order valence-corrected chi connectivity index (χ3v) is 4.33. The van der Waals surface area contributed by atoms with Crippen molar-refractivity contribution in [1.29, 1.82) is 0 Å². The second kappa shape index (κ2) is 8.21. The molecule has 0 bridgehead atoms. The van der Waals surface area contributed by atoms with E-state index in [4.69, 9.17) is 4.74 Å². The molecule has 2 aromatic rings. The lowest BCUT2D eigenvalue weighted by molar-refractivity contribution is -0.172. The Morgan fingerprint density at radius 3 is 1.89 bits per heavy atom. The van der Waals surface area contributed by atoms with Gasteiger partial charge in [0.15, 0.2) is 5.78 Å². The molecule has 0 aliphatic heterocycles. The number of rotatable bonds is 6.